The van der Waals surface area contributed by atoms with Crippen molar-refractivity contribution in [3.8, 4) is 0 Å². The summed E-state index contributed by atoms with van der Waals surface area (Å²) < 4.78 is 22.7. The minimum atomic E-state index is -4.55. The van der Waals surface area contributed by atoms with E-state index in [0.717, 1.165) is 32.1 Å². The first-order valence-electron chi connectivity index (χ1n) is 17.2. The second kappa shape index (κ2) is 27.3. The molecule has 0 saturated heterocycles. The maximum atomic E-state index is 12.6. The molecule has 0 saturated carbocycles. The van der Waals surface area contributed by atoms with Gasteiger partial charge in [0, 0.05) is 6.42 Å². The standard InChI is InChI=1S/C34H67N2O6P/c1-6-8-10-11-12-13-14-15-16-17-18-19-20-21-22-23-24-26-28-34(38)35-32(33(37)27-25-9-7-2)31-42-43(39,40)41-30-29-36(3,4)5/h16-17,25,27,32-33,37H,6-15,18-24,26,28-31H2,1-5H3,(H-,35,38,39,40)/b17-16-,27-25+. The van der Waals surface area contributed by atoms with Crippen molar-refractivity contribution >= 4 is 13.7 Å². The third kappa shape index (κ3) is 29.5. The van der Waals surface area contributed by atoms with Crippen LogP contribution in [0.1, 0.15) is 136 Å². The zero-order chi connectivity index (χ0) is 32.2. The number of aliphatic hydroxyl groups excluding tert-OH is 1. The minimum absolute atomic E-state index is 0.00331. The zero-order valence-electron chi connectivity index (χ0n) is 28.4. The number of rotatable bonds is 30. The van der Waals surface area contributed by atoms with Gasteiger partial charge in [-0.25, -0.2) is 0 Å². The first-order chi connectivity index (χ1) is 20.5. The summed E-state index contributed by atoms with van der Waals surface area (Å²) in [6.07, 6.45) is 28.7. The second-order valence-electron chi connectivity index (χ2n) is 12.9. The molecule has 3 atom stereocenters. The average Bonchev–Trinajstić information content (AvgIpc) is 2.93. The number of hydrogen-bond donors (Lipinski definition) is 2. The molecule has 8 nitrogen and oxygen atoms in total. The number of unbranched alkanes of at least 4 members (excludes halogenated alkanes) is 15. The van der Waals surface area contributed by atoms with Gasteiger partial charge in [0.25, 0.3) is 7.82 Å². The summed E-state index contributed by atoms with van der Waals surface area (Å²) >= 11 is 0. The van der Waals surface area contributed by atoms with E-state index in [1.165, 1.54) is 83.5 Å². The summed E-state index contributed by atoms with van der Waals surface area (Å²) in [5.74, 6) is -0.216. The van der Waals surface area contributed by atoms with Crippen molar-refractivity contribution in [2.45, 2.75) is 148 Å². The Labute approximate surface area is 264 Å². The van der Waals surface area contributed by atoms with Crippen LogP contribution < -0.4 is 10.2 Å². The van der Waals surface area contributed by atoms with E-state index in [9.17, 15) is 19.4 Å². The van der Waals surface area contributed by atoms with Gasteiger partial charge < -0.3 is 28.8 Å². The van der Waals surface area contributed by atoms with Gasteiger partial charge in [0.15, 0.2) is 0 Å². The minimum Gasteiger partial charge on any atom is -0.756 e. The fourth-order valence-electron chi connectivity index (χ4n) is 4.56. The van der Waals surface area contributed by atoms with Gasteiger partial charge in [0.05, 0.1) is 39.9 Å². The van der Waals surface area contributed by atoms with Gasteiger partial charge in [-0.05, 0) is 38.5 Å². The predicted molar refractivity (Wildman–Crippen MR) is 178 cm³/mol. The fourth-order valence-corrected chi connectivity index (χ4v) is 5.29. The third-order valence-corrected chi connectivity index (χ3v) is 8.35. The summed E-state index contributed by atoms with van der Waals surface area (Å²) in [5, 5.41) is 13.3. The van der Waals surface area contributed by atoms with Crippen LogP contribution in [0.15, 0.2) is 24.3 Å². The van der Waals surface area contributed by atoms with E-state index in [2.05, 4.69) is 24.4 Å². The topological polar surface area (TPSA) is 108 Å². The Hall–Kier alpha value is -1.02. The van der Waals surface area contributed by atoms with E-state index in [4.69, 9.17) is 9.05 Å². The molecular weight excluding hydrogens is 563 g/mol. The van der Waals surface area contributed by atoms with Crippen molar-refractivity contribution in [1.29, 1.82) is 0 Å². The molecule has 0 aromatic rings. The Balaban J connectivity index is 4.15. The molecule has 0 aliphatic carbocycles. The quantitative estimate of drug-likeness (QED) is 0.0366. The number of amides is 1. The van der Waals surface area contributed by atoms with Gasteiger partial charge in [0.2, 0.25) is 5.91 Å². The molecule has 0 aromatic carbocycles. The molecule has 1 amide bonds. The lowest BCUT2D eigenvalue weighted by Gasteiger charge is -2.29. The Morgan fingerprint density at radius 1 is 0.791 bits per heavy atom. The number of carbonyl (C=O) groups excluding carboxylic acids is 1. The highest BCUT2D eigenvalue weighted by atomic mass is 31.2. The number of phosphoric acid groups is 1. The number of likely N-dealkylation sites (N-methyl/N-ethyl adjacent to an activating group) is 1. The van der Waals surface area contributed by atoms with E-state index in [1.54, 1.807) is 6.08 Å². The molecule has 0 aliphatic heterocycles. The highest BCUT2D eigenvalue weighted by Crippen LogP contribution is 2.38. The van der Waals surface area contributed by atoms with Crippen molar-refractivity contribution in [1.82, 2.24) is 5.32 Å². The van der Waals surface area contributed by atoms with Crippen LogP contribution in [0.25, 0.3) is 0 Å². The molecule has 0 rings (SSSR count). The molecule has 0 heterocycles. The van der Waals surface area contributed by atoms with Crippen molar-refractivity contribution in [3.63, 3.8) is 0 Å². The Morgan fingerprint density at radius 3 is 1.86 bits per heavy atom. The monoisotopic (exact) mass is 630 g/mol. The molecule has 0 bridgehead atoms. The Morgan fingerprint density at radius 2 is 1.33 bits per heavy atom. The second-order valence-corrected chi connectivity index (χ2v) is 14.3. The maximum Gasteiger partial charge on any atom is 0.268 e. The molecule has 254 valence electrons. The maximum absolute atomic E-state index is 12.6. The number of hydrogen-bond acceptors (Lipinski definition) is 6. The molecule has 0 spiro atoms. The van der Waals surface area contributed by atoms with Crippen molar-refractivity contribution in [2.75, 3.05) is 40.9 Å². The summed E-state index contributed by atoms with van der Waals surface area (Å²) in [6.45, 7) is 4.39. The van der Waals surface area contributed by atoms with E-state index in [0.29, 0.717) is 17.4 Å². The molecule has 43 heavy (non-hydrogen) atoms. The van der Waals surface area contributed by atoms with Crippen LogP contribution in [0.4, 0.5) is 0 Å². The summed E-state index contributed by atoms with van der Waals surface area (Å²) in [7, 11) is 1.25. The summed E-state index contributed by atoms with van der Waals surface area (Å²) in [6, 6.07) is -0.880. The van der Waals surface area contributed by atoms with Gasteiger partial charge in [-0.3, -0.25) is 9.36 Å². The van der Waals surface area contributed by atoms with E-state index in [-0.39, 0.29) is 19.1 Å². The number of allylic oxidation sites excluding steroid dienone is 3. The number of carbonyl (C=O) groups is 1. The number of nitrogens with zero attached hydrogens (tertiary/aromatic N) is 1. The zero-order valence-corrected chi connectivity index (χ0v) is 29.3. The van der Waals surface area contributed by atoms with E-state index in [1.807, 2.05) is 34.1 Å². The largest absolute Gasteiger partial charge is 0.756 e. The summed E-state index contributed by atoms with van der Waals surface area (Å²) in [4.78, 5) is 24.8. The molecule has 9 heteroatoms. The first kappa shape index (κ1) is 42.0. The molecule has 0 radical (unpaired) electrons. The van der Waals surface area contributed by atoms with Crippen LogP contribution in [0.2, 0.25) is 0 Å². The lowest BCUT2D eigenvalue weighted by Crippen LogP contribution is -2.45. The van der Waals surface area contributed by atoms with Gasteiger partial charge >= 0.3 is 0 Å². The number of nitrogens with one attached hydrogen (secondary N) is 1. The molecule has 0 aliphatic rings. The SMILES string of the molecule is CCC/C=C/C(O)C(COP(=O)([O-])OCC[N+](C)(C)C)NC(=O)CCCCCCCCC/C=C\CCCCCCCCC. The molecule has 0 aromatic heterocycles. The van der Waals surface area contributed by atoms with E-state index < -0.39 is 20.0 Å². The molecule has 2 N–H and O–H groups in total. The van der Waals surface area contributed by atoms with Crippen LogP contribution in [0, 0.1) is 0 Å². The molecule has 0 fully saturated rings. The lowest BCUT2D eigenvalue weighted by molar-refractivity contribution is -0.870. The summed E-state index contributed by atoms with van der Waals surface area (Å²) in [5.41, 5.74) is 0. The normalized spacial score (nSPS) is 15.2. The van der Waals surface area contributed by atoms with Crippen LogP contribution in [0.5, 0.6) is 0 Å². The van der Waals surface area contributed by atoms with Gasteiger partial charge in [-0.15, -0.1) is 0 Å². The Kier molecular flexibility index (Phi) is 26.7. The lowest BCUT2D eigenvalue weighted by atomic mass is 10.1. The van der Waals surface area contributed by atoms with Gasteiger partial charge in [-0.2, -0.15) is 0 Å². The molecular formula is C34H67N2O6P. The smallest absolute Gasteiger partial charge is 0.268 e. The van der Waals surface area contributed by atoms with E-state index >= 15 is 0 Å². The van der Waals surface area contributed by atoms with Crippen molar-refractivity contribution in [3.05, 3.63) is 24.3 Å². The van der Waals surface area contributed by atoms with Gasteiger partial charge in [-0.1, -0.05) is 115 Å². The van der Waals surface area contributed by atoms with Crippen LogP contribution >= 0.6 is 7.82 Å². The predicted octanol–water partition coefficient (Wildman–Crippen LogP) is 7.60. The number of phosphoric ester groups is 1. The number of quaternary nitrogens is 1. The first-order valence-corrected chi connectivity index (χ1v) is 18.7. The Bertz CT molecular complexity index is 768. The van der Waals surface area contributed by atoms with Crippen LogP contribution in [-0.2, 0) is 18.4 Å². The van der Waals surface area contributed by atoms with Crippen LogP contribution in [0.3, 0.4) is 0 Å². The van der Waals surface area contributed by atoms with Crippen LogP contribution in [-0.4, -0.2) is 68.5 Å². The number of aliphatic hydroxyl groups is 1. The molecule has 3 unspecified atom stereocenters. The highest BCUT2D eigenvalue weighted by Gasteiger charge is 2.23. The third-order valence-electron chi connectivity index (χ3n) is 7.39. The highest BCUT2D eigenvalue weighted by molar-refractivity contribution is 7.45. The van der Waals surface area contributed by atoms with Crippen molar-refractivity contribution in [2.24, 2.45) is 0 Å². The van der Waals surface area contributed by atoms with Gasteiger partial charge in [0.1, 0.15) is 13.2 Å². The fraction of sp³-hybridized carbons (Fsp3) is 0.853. The average molecular weight is 631 g/mol. The van der Waals surface area contributed by atoms with Crippen molar-refractivity contribution < 1.29 is 32.9 Å².